The number of methoxy groups -OCH3 is 1. The number of sulfonamides is 1. The fourth-order valence-electron chi connectivity index (χ4n) is 3.12. The van der Waals surface area contributed by atoms with Crippen LogP contribution in [0.3, 0.4) is 0 Å². The first-order valence-corrected chi connectivity index (χ1v) is 9.83. The lowest BCUT2D eigenvalue weighted by molar-refractivity contribution is 0.288. The van der Waals surface area contributed by atoms with Crippen LogP contribution in [0.4, 0.5) is 0 Å². The summed E-state index contributed by atoms with van der Waals surface area (Å²) in [5, 5.41) is 3.58. The zero-order valence-electron chi connectivity index (χ0n) is 14.3. The van der Waals surface area contributed by atoms with Crippen molar-refractivity contribution in [3.05, 3.63) is 23.8 Å². The lowest BCUT2D eigenvalue weighted by atomic mass is 10.1. The summed E-state index contributed by atoms with van der Waals surface area (Å²) in [7, 11) is -1.81. The van der Waals surface area contributed by atoms with Crippen molar-refractivity contribution in [3.63, 3.8) is 0 Å². The molecule has 1 saturated carbocycles. The maximum Gasteiger partial charge on any atom is 0.243 e. The van der Waals surface area contributed by atoms with Gasteiger partial charge < -0.3 is 10.1 Å². The highest BCUT2D eigenvalue weighted by Crippen LogP contribution is 2.29. The van der Waals surface area contributed by atoms with Crippen LogP contribution in [0.15, 0.2) is 23.1 Å². The Kier molecular flexibility index (Phi) is 6.53. The monoisotopic (exact) mass is 374 g/mol. The van der Waals surface area contributed by atoms with E-state index < -0.39 is 10.0 Å². The second-order valence-corrected chi connectivity index (χ2v) is 8.60. The predicted octanol–water partition coefficient (Wildman–Crippen LogP) is 2.58. The molecule has 2 aliphatic rings. The minimum Gasteiger partial charge on any atom is -0.496 e. The lowest BCUT2D eigenvalue weighted by Gasteiger charge is -2.32. The molecule has 1 aromatic rings. The molecule has 0 amide bonds. The number of hydrogen-bond donors (Lipinski definition) is 1. The largest absolute Gasteiger partial charge is 0.496 e. The highest BCUT2D eigenvalue weighted by molar-refractivity contribution is 7.89. The molecule has 0 bridgehead atoms. The molecule has 1 aliphatic heterocycles. The third-order valence-corrected chi connectivity index (χ3v) is 6.74. The van der Waals surface area contributed by atoms with E-state index in [1.54, 1.807) is 29.6 Å². The van der Waals surface area contributed by atoms with Crippen LogP contribution in [0.1, 0.15) is 31.2 Å². The molecule has 7 heteroatoms. The molecule has 0 spiro atoms. The van der Waals surface area contributed by atoms with Crippen molar-refractivity contribution in [2.24, 2.45) is 5.92 Å². The maximum atomic E-state index is 12.8. The highest BCUT2D eigenvalue weighted by Gasteiger charge is 2.30. The van der Waals surface area contributed by atoms with E-state index in [9.17, 15) is 8.42 Å². The van der Waals surface area contributed by atoms with E-state index in [1.165, 1.54) is 12.8 Å². The van der Waals surface area contributed by atoms with Crippen molar-refractivity contribution in [2.75, 3.05) is 26.7 Å². The van der Waals surface area contributed by atoms with Crippen LogP contribution in [0.5, 0.6) is 5.75 Å². The van der Waals surface area contributed by atoms with Crippen LogP contribution in [-0.2, 0) is 10.0 Å². The number of nitrogens with one attached hydrogen (secondary N) is 1. The molecule has 0 atom stereocenters. The van der Waals surface area contributed by atoms with Crippen LogP contribution in [0, 0.1) is 12.8 Å². The number of aryl methyl sites for hydroxylation is 1. The third-order valence-electron chi connectivity index (χ3n) is 4.85. The number of benzene rings is 1. The molecule has 1 aromatic carbocycles. The summed E-state index contributed by atoms with van der Waals surface area (Å²) in [6.07, 6.45) is 4.47. The fourth-order valence-corrected chi connectivity index (χ4v) is 4.67. The lowest BCUT2D eigenvalue weighted by Crippen LogP contribution is -2.45. The number of rotatable bonds is 6. The summed E-state index contributed by atoms with van der Waals surface area (Å²) in [6, 6.07) is 5.52. The standard InChI is InChI=1S/C17H26N2O3S.ClH/c1-13-11-16(5-6-17(13)22-2)23(20,21)19-9-7-15(8-10-19)18-12-14-3-4-14;/h5-6,11,14-15,18H,3-4,7-10,12H2,1-2H3;1H. The van der Waals surface area contributed by atoms with E-state index >= 15 is 0 Å². The Morgan fingerprint density at radius 1 is 1.21 bits per heavy atom. The number of piperidine rings is 1. The second kappa shape index (κ2) is 8.04. The summed E-state index contributed by atoms with van der Waals surface area (Å²) in [5.74, 6) is 1.57. The van der Waals surface area contributed by atoms with Crippen molar-refractivity contribution < 1.29 is 13.2 Å². The Morgan fingerprint density at radius 3 is 2.42 bits per heavy atom. The fraction of sp³-hybridized carbons (Fsp3) is 0.647. The van der Waals surface area contributed by atoms with Crippen molar-refractivity contribution in [1.29, 1.82) is 0 Å². The summed E-state index contributed by atoms with van der Waals surface area (Å²) < 4.78 is 32.4. The Balaban J connectivity index is 0.00000208. The number of nitrogens with zero attached hydrogens (tertiary/aromatic N) is 1. The first-order valence-electron chi connectivity index (χ1n) is 8.39. The molecule has 1 heterocycles. The molecule has 2 fully saturated rings. The molecule has 136 valence electrons. The molecule has 3 rings (SSSR count). The van der Waals surface area contributed by atoms with Gasteiger partial charge in [0.05, 0.1) is 12.0 Å². The topological polar surface area (TPSA) is 58.6 Å². The number of hydrogen-bond acceptors (Lipinski definition) is 4. The van der Waals surface area contributed by atoms with Crippen LogP contribution >= 0.6 is 12.4 Å². The molecule has 0 aromatic heterocycles. The van der Waals surface area contributed by atoms with Gasteiger partial charge in [0.15, 0.2) is 0 Å². The molecule has 0 unspecified atom stereocenters. The Morgan fingerprint density at radius 2 is 1.88 bits per heavy atom. The van der Waals surface area contributed by atoms with Crippen molar-refractivity contribution in [3.8, 4) is 5.75 Å². The molecule has 24 heavy (non-hydrogen) atoms. The van der Waals surface area contributed by atoms with Gasteiger partial charge in [-0.3, -0.25) is 0 Å². The second-order valence-electron chi connectivity index (χ2n) is 6.66. The van der Waals surface area contributed by atoms with Gasteiger partial charge in [-0.2, -0.15) is 4.31 Å². The quantitative estimate of drug-likeness (QED) is 0.831. The molecule has 0 radical (unpaired) electrons. The van der Waals surface area contributed by atoms with E-state index in [0.717, 1.165) is 30.9 Å². The number of ether oxygens (including phenoxy) is 1. The third kappa shape index (κ3) is 4.42. The van der Waals surface area contributed by atoms with Crippen molar-refractivity contribution >= 4 is 22.4 Å². The average molecular weight is 375 g/mol. The molecule has 1 saturated heterocycles. The molecule has 1 N–H and O–H groups in total. The van der Waals surface area contributed by atoms with Gasteiger partial charge >= 0.3 is 0 Å². The number of halogens is 1. The van der Waals surface area contributed by atoms with Crippen molar-refractivity contribution in [2.45, 2.75) is 43.5 Å². The zero-order valence-corrected chi connectivity index (χ0v) is 16.0. The van der Waals surface area contributed by atoms with Gasteiger partial charge in [-0.1, -0.05) is 0 Å². The van der Waals surface area contributed by atoms with Gasteiger partial charge in [-0.05, 0) is 68.8 Å². The first kappa shape index (κ1) is 19.5. The predicted molar refractivity (Wildman–Crippen MR) is 97.5 cm³/mol. The van der Waals surface area contributed by atoms with E-state index in [2.05, 4.69) is 5.32 Å². The normalized spacial score (nSPS) is 19.8. The smallest absolute Gasteiger partial charge is 0.243 e. The van der Waals surface area contributed by atoms with Crippen LogP contribution in [-0.4, -0.2) is 45.5 Å². The van der Waals surface area contributed by atoms with Crippen molar-refractivity contribution in [1.82, 2.24) is 9.62 Å². The van der Waals surface area contributed by atoms with E-state index in [-0.39, 0.29) is 12.4 Å². The zero-order chi connectivity index (χ0) is 16.4. The summed E-state index contributed by atoms with van der Waals surface area (Å²) in [5.41, 5.74) is 0.842. The van der Waals surface area contributed by atoms with Crippen LogP contribution in [0.25, 0.3) is 0 Å². The van der Waals surface area contributed by atoms with Crippen LogP contribution in [0.2, 0.25) is 0 Å². The van der Waals surface area contributed by atoms with Gasteiger partial charge in [-0.15, -0.1) is 12.4 Å². The summed E-state index contributed by atoms with van der Waals surface area (Å²) in [6.45, 7) is 4.15. The summed E-state index contributed by atoms with van der Waals surface area (Å²) >= 11 is 0. The minimum atomic E-state index is -3.40. The first-order chi connectivity index (χ1) is 11.0. The highest BCUT2D eigenvalue weighted by atomic mass is 35.5. The SMILES string of the molecule is COc1ccc(S(=O)(=O)N2CCC(NCC3CC3)CC2)cc1C.Cl. The molecular formula is C17H27ClN2O3S. The van der Waals surface area contributed by atoms with E-state index in [0.29, 0.717) is 29.8 Å². The minimum absolute atomic E-state index is 0. The molecule has 1 aliphatic carbocycles. The van der Waals surface area contributed by atoms with E-state index in [1.807, 2.05) is 6.92 Å². The van der Waals surface area contributed by atoms with Crippen LogP contribution < -0.4 is 10.1 Å². The Bertz CT molecular complexity index is 654. The van der Waals surface area contributed by atoms with Gasteiger partial charge in [0, 0.05) is 19.1 Å². The molecular weight excluding hydrogens is 348 g/mol. The van der Waals surface area contributed by atoms with E-state index in [4.69, 9.17) is 4.74 Å². The van der Waals surface area contributed by atoms with Gasteiger partial charge in [0.25, 0.3) is 0 Å². The van der Waals surface area contributed by atoms with Gasteiger partial charge in [-0.25, -0.2) is 8.42 Å². The van der Waals surface area contributed by atoms with Gasteiger partial charge in [0.1, 0.15) is 5.75 Å². The maximum absolute atomic E-state index is 12.8. The Labute approximate surface area is 151 Å². The Hall–Kier alpha value is -0.820. The summed E-state index contributed by atoms with van der Waals surface area (Å²) in [4.78, 5) is 0.361. The molecule has 5 nitrogen and oxygen atoms in total. The van der Waals surface area contributed by atoms with Gasteiger partial charge in [0.2, 0.25) is 10.0 Å². The average Bonchev–Trinajstić information content (AvgIpc) is 3.37.